The fraction of sp³-hybridized carbons (Fsp3) is 0.350. The smallest absolute Gasteiger partial charge is 0.257 e. The van der Waals surface area contributed by atoms with E-state index >= 15 is 0 Å². The van der Waals surface area contributed by atoms with E-state index in [1.165, 1.54) is 4.90 Å². The Labute approximate surface area is 151 Å². The van der Waals surface area contributed by atoms with Crippen molar-refractivity contribution < 1.29 is 24.5 Å². The van der Waals surface area contributed by atoms with E-state index in [4.69, 9.17) is 9.47 Å². The zero-order chi connectivity index (χ0) is 18.1. The number of amides is 1. The summed E-state index contributed by atoms with van der Waals surface area (Å²) in [6, 6.07) is 18.7. The highest BCUT2D eigenvalue weighted by Crippen LogP contribution is 2.45. The van der Waals surface area contributed by atoms with Crippen molar-refractivity contribution in [2.24, 2.45) is 0 Å². The van der Waals surface area contributed by atoms with E-state index in [2.05, 4.69) is 0 Å². The molecule has 0 radical (unpaired) electrons. The van der Waals surface area contributed by atoms with Gasteiger partial charge in [0.25, 0.3) is 5.91 Å². The highest BCUT2D eigenvalue weighted by molar-refractivity contribution is 5.86. The number of aliphatic hydroxyl groups is 2. The second-order valence-corrected chi connectivity index (χ2v) is 6.66. The van der Waals surface area contributed by atoms with Crippen molar-refractivity contribution in [1.82, 2.24) is 4.90 Å². The lowest BCUT2D eigenvalue weighted by Crippen LogP contribution is -2.53. The average molecular weight is 355 g/mol. The van der Waals surface area contributed by atoms with Gasteiger partial charge in [0.05, 0.1) is 25.9 Å². The van der Waals surface area contributed by atoms with E-state index in [1.54, 1.807) is 0 Å². The summed E-state index contributed by atoms with van der Waals surface area (Å²) in [5.74, 6) is -0.535. The third-order valence-electron chi connectivity index (χ3n) is 5.07. The summed E-state index contributed by atoms with van der Waals surface area (Å²) in [6.45, 7) is 0.552. The molecule has 0 aliphatic carbocycles. The molecule has 2 aromatic rings. The number of carbonyl (C=O) groups is 1. The molecule has 6 nitrogen and oxygen atoms in total. The van der Waals surface area contributed by atoms with Crippen LogP contribution in [0.5, 0.6) is 0 Å². The number of aliphatic hydroxyl groups excluding tert-OH is 2. The first-order chi connectivity index (χ1) is 12.6. The van der Waals surface area contributed by atoms with Crippen LogP contribution in [0.1, 0.15) is 17.2 Å². The summed E-state index contributed by atoms with van der Waals surface area (Å²) in [6.07, 6.45) is -2.87. The lowest BCUT2D eigenvalue weighted by Gasteiger charge is -2.34. The third-order valence-corrected chi connectivity index (χ3v) is 5.07. The van der Waals surface area contributed by atoms with Gasteiger partial charge in [-0.25, -0.2) is 0 Å². The first kappa shape index (κ1) is 17.2. The molecule has 0 unspecified atom stereocenters. The van der Waals surface area contributed by atoms with Gasteiger partial charge in [-0.3, -0.25) is 9.69 Å². The molecule has 2 heterocycles. The maximum atomic E-state index is 12.6. The van der Waals surface area contributed by atoms with E-state index in [-0.39, 0.29) is 19.3 Å². The van der Waals surface area contributed by atoms with Crippen LogP contribution in [-0.2, 0) is 20.9 Å². The molecule has 4 atom stereocenters. The summed E-state index contributed by atoms with van der Waals surface area (Å²) >= 11 is 0. The monoisotopic (exact) mass is 355 g/mol. The van der Waals surface area contributed by atoms with E-state index in [0.29, 0.717) is 6.61 Å². The Morgan fingerprint density at radius 1 is 1.08 bits per heavy atom. The predicted octanol–water partition coefficient (Wildman–Crippen LogP) is 1.23. The number of nitrogens with zero attached hydrogens (tertiary/aromatic N) is 1. The molecule has 2 saturated heterocycles. The normalized spacial score (nSPS) is 30.6. The van der Waals surface area contributed by atoms with E-state index in [0.717, 1.165) is 11.1 Å². The minimum atomic E-state index is -1.51. The maximum absolute atomic E-state index is 12.6. The highest BCUT2D eigenvalue weighted by Gasteiger charge is 2.65. The largest absolute Gasteiger partial charge is 0.385 e. The minimum absolute atomic E-state index is 0.0187. The van der Waals surface area contributed by atoms with Crippen LogP contribution in [0.25, 0.3) is 0 Å². The van der Waals surface area contributed by atoms with Gasteiger partial charge in [0.2, 0.25) is 0 Å². The summed E-state index contributed by atoms with van der Waals surface area (Å²) in [5.41, 5.74) is 0.505. The number of fused-ring (bicyclic) bond motifs is 1. The van der Waals surface area contributed by atoms with Crippen LogP contribution in [0.15, 0.2) is 60.7 Å². The van der Waals surface area contributed by atoms with Crippen molar-refractivity contribution in [3.63, 3.8) is 0 Å². The summed E-state index contributed by atoms with van der Waals surface area (Å²) < 4.78 is 11.7. The van der Waals surface area contributed by atoms with Crippen molar-refractivity contribution in [2.45, 2.75) is 30.6 Å². The van der Waals surface area contributed by atoms with Gasteiger partial charge in [-0.1, -0.05) is 60.7 Å². The molecule has 1 amide bonds. The molecule has 0 spiro atoms. The maximum Gasteiger partial charge on any atom is 0.257 e. The van der Waals surface area contributed by atoms with Gasteiger partial charge in [0.15, 0.2) is 11.8 Å². The van der Waals surface area contributed by atoms with Crippen LogP contribution >= 0.6 is 0 Å². The van der Waals surface area contributed by atoms with Crippen LogP contribution in [0.4, 0.5) is 0 Å². The van der Waals surface area contributed by atoms with Crippen molar-refractivity contribution in [3.05, 3.63) is 71.8 Å². The van der Waals surface area contributed by atoms with Gasteiger partial charge in [-0.2, -0.15) is 0 Å². The van der Waals surface area contributed by atoms with Crippen LogP contribution in [0.2, 0.25) is 0 Å². The lowest BCUT2D eigenvalue weighted by molar-refractivity contribution is -0.178. The van der Waals surface area contributed by atoms with Crippen molar-refractivity contribution in [1.29, 1.82) is 0 Å². The Hall–Kier alpha value is -2.25. The fourth-order valence-electron chi connectivity index (χ4n) is 3.73. The molecule has 2 aliphatic rings. The molecule has 26 heavy (non-hydrogen) atoms. The molecule has 136 valence electrons. The molecule has 0 saturated carbocycles. The SMILES string of the molecule is O=C1[C@H](O)[C@H](O)[C@@]2(COCc3ccccc3)OC[C@H](c3ccccc3)N12. The summed E-state index contributed by atoms with van der Waals surface area (Å²) in [5, 5.41) is 20.7. The molecule has 2 aliphatic heterocycles. The zero-order valence-electron chi connectivity index (χ0n) is 14.2. The topological polar surface area (TPSA) is 79.2 Å². The average Bonchev–Trinajstić information content (AvgIpc) is 3.15. The van der Waals surface area contributed by atoms with Gasteiger partial charge in [-0.15, -0.1) is 0 Å². The lowest BCUT2D eigenvalue weighted by atomic mass is 10.1. The number of benzene rings is 2. The number of rotatable bonds is 5. The van der Waals surface area contributed by atoms with E-state index < -0.39 is 23.8 Å². The summed E-state index contributed by atoms with van der Waals surface area (Å²) in [7, 11) is 0. The number of ether oxygens (including phenoxy) is 2. The van der Waals surface area contributed by atoms with Crippen molar-refractivity contribution in [2.75, 3.05) is 13.2 Å². The molecule has 2 aromatic carbocycles. The second kappa shape index (κ2) is 6.81. The fourth-order valence-corrected chi connectivity index (χ4v) is 3.73. The molecule has 4 rings (SSSR count). The molecule has 2 N–H and O–H groups in total. The number of hydrogen-bond donors (Lipinski definition) is 2. The molecule has 0 aromatic heterocycles. The van der Waals surface area contributed by atoms with E-state index in [9.17, 15) is 15.0 Å². The van der Waals surface area contributed by atoms with Gasteiger partial charge in [0, 0.05) is 0 Å². The molecule has 0 bridgehead atoms. The highest BCUT2D eigenvalue weighted by atomic mass is 16.6. The van der Waals surface area contributed by atoms with E-state index in [1.807, 2.05) is 60.7 Å². The molecular formula is C20H21NO5. The van der Waals surface area contributed by atoms with Crippen LogP contribution in [0.3, 0.4) is 0 Å². The van der Waals surface area contributed by atoms with Gasteiger partial charge in [0.1, 0.15) is 6.10 Å². The Morgan fingerprint density at radius 2 is 1.73 bits per heavy atom. The molecular weight excluding hydrogens is 334 g/mol. The first-order valence-electron chi connectivity index (χ1n) is 8.63. The minimum Gasteiger partial charge on any atom is -0.385 e. The molecule has 2 fully saturated rings. The summed E-state index contributed by atoms with van der Waals surface area (Å²) in [4.78, 5) is 14.0. The van der Waals surface area contributed by atoms with Crippen molar-refractivity contribution >= 4 is 5.91 Å². The van der Waals surface area contributed by atoms with Gasteiger partial charge in [-0.05, 0) is 11.1 Å². The van der Waals surface area contributed by atoms with Crippen LogP contribution in [-0.4, -0.2) is 52.2 Å². The first-order valence-corrected chi connectivity index (χ1v) is 8.63. The Balaban J connectivity index is 1.57. The Kier molecular flexibility index (Phi) is 4.50. The second-order valence-electron chi connectivity index (χ2n) is 6.66. The predicted molar refractivity (Wildman–Crippen MR) is 92.8 cm³/mol. The van der Waals surface area contributed by atoms with Crippen LogP contribution in [0, 0.1) is 0 Å². The number of carbonyl (C=O) groups excluding carboxylic acids is 1. The Bertz CT molecular complexity index is 768. The number of hydrogen-bond acceptors (Lipinski definition) is 5. The van der Waals surface area contributed by atoms with Crippen LogP contribution < -0.4 is 0 Å². The quantitative estimate of drug-likeness (QED) is 0.844. The molecule has 6 heteroatoms. The van der Waals surface area contributed by atoms with Gasteiger partial charge >= 0.3 is 0 Å². The van der Waals surface area contributed by atoms with Crippen molar-refractivity contribution in [3.8, 4) is 0 Å². The standard InChI is InChI=1S/C20H21NO5/c22-17-18(23)20(13-25-11-14-7-3-1-4-8-14)21(19(17)24)16(12-26-20)15-9-5-2-6-10-15/h1-10,16-18,22-23H,11-13H2/t16-,17-,18+,20-/m1/s1. The zero-order valence-corrected chi connectivity index (χ0v) is 14.2. The Morgan fingerprint density at radius 3 is 2.42 bits per heavy atom. The third kappa shape index (κ3) is 2.71. The van der Waals surface area contributed by atoms with Gasteiger partial charge < -0.3 is 19.7 Å².